The summed E-state index contributed by atoms with van der Waals surface area (Å²) in [7, 11) is 0. The van der Waals surface area contributed by atoms with Crippen LogP contribution in [0.3, 0.4) is 0 Å². The molecule has 2 heterocycles. The van der Waals surface area contributed by atoms with Crippen molar-refractivity contribution < 1.29 is 4.42 Å². The molecule has 0 radical (unpaired) electrons. The molecule has 0 aliphatic rings. The average molecular weight is 289 g/mol. The van der Waals surface area contributed by atoms with E-state index in [1.807, 2.05) is 47.9 Å². The molecule has 3 rings (SSSR count). The number of thiophene rings is 1. The summed E-state index contributed by atoms with van der Waals surface area (Å²) >= 11 is 7.63. The van der Waals surface area contributed by atoms with E-state index in [2.05, 4.69) is 10.2 Å². The standard InChI is InChI=1S/C14H9ClN2OS/c15-11-5-2-1-4-10(11)7-8-13-16-17-14(18-13)12-6-3-9-19-12/h1-9H. The molecule has 3 nitrogen and oxygen atoms in total. The highest BCUT2D eigenvalue weighted by Gasteiger charge is 2.06. The first-order valence-electron chi connectivity index (χ1n) is 5.63. The SMILES string of the molecule is Clc1ccccc1C=Cc1nnc(-c2cccs2)o1. The first-order valence-corrected chi connectivity index (χ1v) is 6.89. The Bertz CT molecular complexity index is 704. The van der Waals surface area contributed by atoms with Gasteiger partial charge in [0.25, 0.3) is 5.89 Å². The van der Waals surface area contributed by atoms with Gasteiger partial charge in [-0.05, 0) is 29.2 Å². The fourth-order valence-corrected chi connectivity index (χ4v) is 2.42. The summed E-state index contributed by atoms with van der Waals surface area (Å²) in [5.74, 6) is 0.997. The molecule has 0 spiro atoms. The normalized spacial score (nSPS) is 11.2. The van der Waals surface area contributed by atoms with Crippen LogP contribution in [0.25, 0.3) is 22.9 Å². The third kappa shape index (κ3) is 2.75. The van der Waals surface area contributed by atoms with Crippen LogP contribution in [0.5, 0.6) is 0 Å². The van der Waals surface area contributed by atoms with E-state index in [-0.39, 0.29) is 0 Å². The van der Waals surface area contributed by atoms with Crippen molar-refractivity contribution in [1.82, 2.24) is 10.2 Å². The average Bonchev–Trinajstić information content (AvgIpc) is 3.09. The minimum absolute atomic E-state index is 0.461. The molecule has 19 heavy (non-hydrogen) atoms. The molecular formula is C14H9ClN2OS. The van der Waals surface area contributed by atoms with Gasteiger partial charge >= 0.3 is 0 Å². The molecule has 0 bridgehead atoms. The van der Waals surface area contributed by atoms with E-state index >= 15 is 0 Å². The van der Waals surface area contributed by atoms with Crippen LogP contribution in [-0.2, 0) is 0 Å². The van der Waals surface area contributed by atoms with E-state index in [9.17, 15) is 0 Å². The summed E-state index contributed by atoms with van der Waals surface area (Å²) in [4.78, 5) is 0.963. The first kappa shape index (κ1) is 12.1. The molecule has 5 heteroatoms. The summed E-state index contributed by atoms with van der Waals surface area (Å²) in [6.07, 6.45) is 3.61. The van der Waals surface area contributed by atoms with Gasteiger partial charge in [-0.15, -0.1) is 21.5 Å². The zero-order chi connectivity index (χ0) is 13.1. The number of rotatable bonds is 3. The second-order valence-corrected chi connectivity index (χ2v) is 5.13. The summed E-state index contributed by atoms with van der Waals surface area (Å²) in [5.41, 5.74) is 0.917. The van der Waals surface area contributed by atoms with Gasteiger partial charge in [0, 0.05) is 11.1 Å². The molecule has 1 aromatic carbocycles. The van der Waals surface area contributed by atoms with Crippen LogP contribution in [-0.4, -0.2) is 10.2 Å². The van der Waals surface area contributed by atoms with Crippen LogP contribution in [0.2, 0.25) is 5.02 Å². The lowest BCUT2D eigenvalue weighted by Crippen LogP contribution is -1.74. The van der Waals surface area contributed by atoms with Crippen LogP contribution < -0.4 is 0 Å². The van der Waals surface area contributed by atoms with Crippen molar-refractivity contribution in [2.24, 2.45) is 0 Å². The summed E-state index contributed by atoms with van der Waals surface area (Å²) in [6, 6.07) is 11.5. The van der Waals surface area contributed by atoms with Gasteiger partial charge in [0.15, 0.2) is 0 Å². The number of halogens is 1. The smallest absolute Gasteiger partial charge is 0.258 e. The maximum Gasteiger partial charge on any atom is 0.258 e. The lowest BCUT2D eigenvalue weighted by atomic mass is 10.2. The van der Waals surface area contributed by atoms with Crippen molar-refractivity contribution >= 4 is 35.1 Å². The van der Waals surface area contributed by atoms with Crippen LogP contribution in [0.15, 0.2) is 46.2 Å². The Kier molecular flexibility index (Phi) is 3.44. The highest BCUT2D eigenvalue weighted by Crippen LogP contribution is 2.24. The molecule has 3 aromatic rings. The van der Waals surface area contributed by atoms with Gasteiger partial charge in [-0.3, -0.25) is 0 Å². The maximum atomic E-state index is 6.06. The third-order valence-corrected chi connectivity index (χ3v) is 3.69. The molecule has 0 saturated heterocycles. The number of hydrogen-bond donors (Lipinski definition) is 0. The Hall–Kier alpha value is -1.91. The predicted molar refractivity (Wildman–Crippen MR) is 78.0 cm³/mol. The van der Waals surface area contributed by atoms with Crippen LogP contribution in [0, 0.1) is 0 Å². The topological polar surface area (TPSA) is 38.9 Å². The van der Waals surface area contributed by atoms with E-state index in [1.54, 1.807) is 17.4 Å². The Labute approximate surface area is 119 Å². The van der Waals surface area contributed by atoms with Crippen molar-refractivity contribution in [2.75, 3.05) is 0 Å². The predicted octanol–water partition coefficient (Wildman–Crippen LogP) is 4.62. The van der Waals surface area contributed by atoms with E-state index < -0.39 is 0 Å². The molecule has 2 aromatic heterocycles. The minimum Gasteiger partial charge on any atom is -0.416 e. The van der Waals surface area contributed by atoms with Crippen molar-refractivity contribution in [1.29, 1.82) is 0 Å². The van der Waals surface area contributed by atoms with Crippen molar-refractivity contribution in [3.63, 3.8) is 0 Å². The largest absolute Gasteiger partial charge is 0.416 e. The third-order valence-electron chi connectivity index (χ3n) is 2.48. The second kappa shape index (κ2) is 5.38. The quantitative estimate of drug-likeness (QED) is 0.706. The molecule has 0 N–H and O–H groups in total. The Morgan fingerprint density at radius 3 is 2.74 bits per heavy atom. The Balaban J connectivity index is 1.83. The molecule has 0 unspecified atom stereocenters. The summed E-state index contributed by atoms with van der Waals surface area (Å²) in [6.45, 7) is 0. The number of aromatic nitrogens is 2. The van der Waals surface area contributed by atoms with Crippen molar-refractivity contribution in [2.45, 2.75) is 0 Å². The monoisotopic (exact) mass is 288 g/mol. The maximum absolute atomic E-state index is 6.06. The van der Waals surface area contributed by atoms with Gasteiger partial charge in [-0.25, -0.2) is 0 Å². The van der Waals surface area contributed by atoms with Crippen LogP contribution in [0.4, 0.5) is 0 Å². The van der Waals surface area contributed by atoms with Gasteiger partial charge in [0.2, 0.25) is 5.89 Å². The highest BCUT2D eigenvalue weighted by atomic mass is 35.5. The van der Waals surface area contributed by atoms with Gasteiger partial charge in [-0.2, -0.15) is 0 Å². The van der Waals surface area contributed by atoms with Crippen LogP contribution in [0.1, 0.15) is 11.5 Å². The van der Waals surface area contributed by atoms with Gasteiger partial charge in [-0.1, -0.05) is 35.9 Å². The molecular weight excluding hydrogens is 280 g/mol. The Morgan fingerprint density at radius 2 is 1.95 bits per heavy atom. The zero-order valence-electron chi connectivity index (χ0n) is 9.79. The molecule has 0 atom stereocenters. The lowest BCUT2D eigenvalue weighted by molar-refractivity contribution is 0.559. The van der Waals surface area contributed by atoms with E-state index in [0.717, 1.165) is 10.4 Å². The second-order valence-electron chi connectivity index (χ2n) is 3.78. The van der Waals surface area contributed by atoms with Gasteiger partial charge < -0.3 is 4.42 Å². The van der Waals surface area contributed by atoms with E-state index in [1.165, 1.54) is 0 Å². The zero-order valence-corrected chi connectivity index (χ0v) is 11.4. The molecule has 0 amide bonds. The Morgan fingerprint density at radius 1 is 1.05 bits per heavy atom. The van der Waals surface area contributed by atoms with Gasteiger partial charge in [0.05, 0.1) is 4.88 Å². The fraction of sp³-hybridized carbons (Fsp3) is 0. The molecule has 0 fully saturated rings. The molecule has 0 aliphatic heterocycles. The molecule has 94 valence electrons. The number of hydrogen-bond acceptors (Lipinski definition) is 4. The molecule has 0 saturated carbocycles. The first-order chi connectivity index (χ1) is 9.33. The van der Waals surface area contributed by atoms with E-state index in [4.69, 9.17) is 16.0 Å². The fourth-order valence-electron chi connectivity index (χ4n) is 1.57. The van der Waals surface area contributed by atoms with Crippen molar-refractivity contribution in [3.8, 4) is 10.8 Å². The molecule has 0 aliphatic carbocycles. The highest BCUT2D eigenvalue weighted by molar-refractivity contribution is 7.13. The van der Waals surface area contributed by atoms with Crippen LogP contribution >= 0.6 is 22.9 Å². The minimum atomic E-state index is 0.461. The van der Waals surface area contributed by atoms with Gasteiger partial charge in [0.1, 0.15) is 0 Å². The summed E-state index contributed by atoms with van der Waals surface area (Å²) in [5, 5.41) is 10.6. The summed E-state index contributed by atoms with van der Waals surface area (Å²) < 4.78 is 5.55. The number of benzene rings is 1. The van der Waals surface area contributed by atoms with E-state index in [0.29, 0.717) is 16.8 Å². The number of nitrogens with zero attached hydrogens (tertiary/aromatic N) is 2. The van der Waals surface area contributed by atoms with Crippen molar-refractivity contribution in [3.05, 3.63) is 58.3 Å². The lowest BCUT2D eigenvalue weighted by Gasteiger charge is -1.94.